The highest BCUT2D eigenvalue weighted by molar-refractivity contribution is 7.11. The van der Waals surface area contributed by atoms with Crippen LogP contribution < -0.4 is 5.32 Å². The number of nitrogens with zero attached hydrogens (tertiary/aromatic N) is 1. The van der Waals surface area contributed by atoms with Crippen LogP contribution in [0, 0.1) is 6.92 Å². The number of aryl methyl sites for hydroxylation is 1. The molecule has 4 rings (SSSR count). The van der Waals surface area contributed by atoms with Crippen molar-refractivity contribution >= 4 is 46.0 Å². The van der Waals surface area contributed by atoms with Gasteiger partial charge in [0, 0.05) is 15.6 Å². The fourth-order valence-corrected chi connectivity index (χ4v) is 4.03. The molecule has 2 heterocycles. The van der Waals surface area contributed by atoms with Crippen LogP contribution in [0.5, 0.6) is 0 Å². The average molecular weight is 409 g/mol. The molecule has 1 aliphatic heterocycles. The lowest BCUT2D eigenvalue weighted by Gasteiger charge is -2.16. The number of imide groups is 1. The van der Waals surface area contributed by atoms with Gasteiger partial charge in [0.2, 0.25) is 0 Å². The van der Waals surface area contributed by atoms with Crippen LogP contribution in [0.2, 0.25) is 5.02 Å². The monoisotopic (exact) mass is 408 g/mol. The number of hydrogen-bond donors (Lipinski definition) is 1. The molecule has 1 aliphatic rings. The van der Waals surface area contributed by atoms with Crippen LogP contribution in [0.25, 0.3) is 5.57 Å². The van der Waals surface area contributed by atoms with Crippen LogP contribution in [-0.2, 0) is 16.1 Å². The van der Waals surface area contributed by atoms with Crippen molar-refractivity contribution in [1.82, 2.24) is 4.90 Å². The summed E-state index contributed by atoms with van der Waals surface area (Å²) < 4.78 is 0. The molecule has 1 aromatic heterocycles. The standard InChI is InChI=1S/C22H17ClN2O2S/c1-14-8-10-16(11-9-14)24-20-19(18-7-4-12-28-18)21(26)25(22(20)27)13-15-5-2-3-6-17(15)23/h2-12,24H,13H2,1H3. The van der Waals surface area contributed by atoms with E-state index in [4.69, 9.17) is 11.6 Å². The summed E-state index contributed by atoms with van der Waals surface area (Å²) in [5, 5.41) is 5.58. The molecular weight excluding hydrogens is 392 g/mol. The minimum absolute atomic E-state index is 0.130. The molecule has 3 aromatic rings. The van der Waals surface area contributed by atoms with Crippen LogP contribution >= 0.6 is 22.9 Å². The Kier molecular flexibility index (Phi) is 5.03. The smallest absolute Gasteiger partial charge is 0.278 e. The molecule has 0 fully saturated rings. The zero-order chi connectivity index (χ0) is 19.7. The third kappa shape index (κ3) is 3.46. The van der Waals surface area contributed by atoms with E-state index in [-0.39, 0.29) is 18.4 Å². The summed E-state index contributed by atoms with van der Waals surface area (Å²) in [6, 6.07) is 18.6. The second kappa shape index (κ2) is 7.62. The van der Waals surface area contributed by atoms with Gasteiger partial charge in [-0.2, -0.15) is 0 Å². The van der Waals surface area contributed by atoms with Gasteiger partial charge in [0.15, 0.2) is 0 Å². The molecule has 0 saturated heterocycles. The third-order valence-corrected chi connectivity index (χ3v) is 5.80. The number of nitrogens with one attached hydrogen (secondary N) is 1. The predicted molar refractivity (Wildman–Crippen MR) is 113 cm³/mol. The summed E-state index contributed by atoms with van der Waals surface area (Å²) in [5.41, 5.74) is 3.30. The van der Waals surface area contributed by atoms with Crippen LogP contribution in [0.4, 0.5) is 5.69 Å². The molecule has 0 atom stereocenters. The molecule has 0 radical (unpaired) electrons. The van der Waals surface area contributed by atoms with Crippen LogP contribution in [0.1, 0.15) is 16.0 Å². The quantitative estimate of drug-likeness (QED) is 0.597. The fourth-order valence-electron chi connectivity index (χ4n) is 3.06. The van der Waals surface area contributed by atoms with Crippen molar-refractivity contribution in [2.75, 3.05) is 5.32 Å². The Balaban J connectivity index is 1.71. The molecule has 0 spiro atoms. The number of carbonyl (C=O) groups is 2. The SMILES string of the molecule is Cc1ccc(NC2=C(c3cccs3)C(=O)N(Cc3ccccc3Cl)C2=O)cc1. The van der Waals surface area contributed by atoms with Gasteiger partial charge in [0.1, 0.15) is 5.70 Å². The van der Waals surface area contributed by atoms with E-state index in [0.29, 0.717) is 16.3 Å². The lowest BCUT2D eigenvalue weighted by molar-refractivity contribution is -0.137. The second-order valence-electron chi connectivity index (χ2n) is 6.51. The Hall–Kier alpha value is -2.89. The van der Waals surface area contributed by atoms with Gasteiger partial charge >= 0.3 is 0 Å². The number of halogens is 1. The van der Waals surface area contributed by atoms with E-state index >= 15 is 0 Å². The topological polar surface area (TPSA) is 49.4 Å². The van der Waals surface area contributed by atoms with Gasteiger partial charge in [-0.15, -0.1) is 11.3 Å². The van der Waals surface area contributed by atoms with Gasteiger partial charge in [-0.1, -0.05) is 53.6 Å². The number of hydrogen-bond acceptors (Lipinski definition) is 4. The summed E-state index contributed by atoms with van der Waals surface area (Å²) in [6.45, 7) is 2.13. The van der Waals surface area contributed by atoms with Gasteiger partial charge in [0.05, 0.1) is 12.1 Å². The van der Waals surface area contributed by atoms with Crippen molar-refractivity contribution in [3.8, 4) is 0 Å². The molecule has 0 unspecified atom stereocenters. The van der Waals surface area contributed by atoms with Gasteiger partial charge in [-0.25, -0.2) is 0 Å². The van der Waals surface area contributed by atoms with Crippen LogP contribution in [0.15, 0.2) is 71.7 Å². The highest BCUT2D eigenvalue weighted by atomic mass is 35.5. The number of benzene rings is 2. The number of thiophene rings is 1. The van der Waals surface area contributed by atoms with Crippen LogP contribution in [-0.4, -0.2) is 16.7 Å². The Morgan fingerprint density at radius 2 is 1.71 bits per heavy atom. The first-order chi connectivity index (χ1) is 13.5. The molecular formula is C22H17ClN2O2S. The molecule has 2 aromatic carbocycles. The van der Waals surface area contributed by atoms with Gasteiger partial charge < -0.3 is 5.32 Å². The third-order valence-electron chi connectivity index (χ3n) is 4.54. The van der Waals surface area contributed by atoms with Crippen molar-refractivity contribution in [1.29, 1.82) is 0 Å². The number of carbonyl (C=O) groups excluding carboxylic acids is 2. The lowest BCUT2D eigenvalue weighted by atomic mass is 10.1. The second-order valence-corrected chi connectivity index (χ2v) is 7.86. The average Bonchev–Trinajstić information content (AvgIpc) is 3.28. The molecule has 0 saturated carbocycles. The molecule has 0 aliphatic carbocycles. The van der Waals surface area contributed by atoms with E-state index in [1.165, 1.54) is 16.2 Å². The molecule has 28 heavy (non-hydrogen) atoms. The molecule has 1 N–H and O–H groups in total. The molecule has 4 nitrogen and oxygen atoms in total. The largest absolute Gasteiger partial charge is 0.350 e. The van der Waals surface area contributed by atoms with Crippen molar-refractivity contribution < 1.29 is 9.59 Å². The number of rotatable bonds is 5. The molecule has 6 heteroatoms. The van der Waals surface area contributed by atoms with Crippen LogP contribution in [0.3, 0.4) is 0 Å². The van der Waals surface area contributed by atoms with E-state index in [2.05, 4.69) is 5.32 Å². The Bertz CT molecular complexity index is 1070. The van der Waals surface area contributed by atoms with Crippen molar-refractivity contribution in [3.05, 3.63) is 92.8 Å². The minimum atomic E-state index is -0.353. The molecule has 140 valence electrons. The molecule has 2 amide bonds. The van der Waals surface area contributed by atoms with E-state index in [0.717, 1.165) is 21.7 Å². The Morgan fingerprint density at radius 1 is 0.964 bits per heavy atom. The summed E-state index contributed by atoms with van der Waals surface area (Å²) in [4.78, 5) is 28.3. The van der Waals surface area contributed by atoms with Gasteiger partial charge in [0.25, 0.3) is 11.8 Å². The van der Waals surface area contributed by atoms with Gasteiger partial charge in [-0.3, -0.25) is 14.5 Å². The maximum absolute atomic E-state index is 13.2. The predicted octanol–water partition coefficient (Wildman–Crippen LogP) is 5.10. The Morgan fingerprint density at radius 3 is 2.39 bits per heavy atom. The van der Waals surface area contributed by atoms with Crippen molar-refractivity contribution in [2.24, 2.45) is 0 Å². The first-order valence-electron chi connectivity index (χ1n) is 8.76. The van der Waals surface area contributed by atoms with E-state index < -0.39 is 0 Å². The summed E-state index contributed by atoms with van der Waals surface area (Å²) in [7, 11) is 0. The van der Waals surface area contributed by atoms with Gasteiger partial charge in [-0.05, 0) is 42.1 Å². The minimum Gasteiger partial charge on any atom is -0.350 e. The maximum Gasteiger partial charge on any atom is 0.278 e. The normalized spacial score (nSPS) is 14.1. The van der Waals surface area contributed by atoms with Crippen molar-refractivity contribution in [2.45, 2.75) is 13.5 Å². The van der Waals surface area contributed by atoms with E-state index in [1.807, 2.05) is 66.9 Å². The number of amides is 2. The lowest BCUT2D eigenvalue weighted by Crippen LogP contribution is -2.32. The highest BCUT2D eigenvalue weighted by Crippen LogP contribution is 2.34. The Labute approximate surface area is 172 Å². The zero-order valence-electron chi connectivity index (χ0n) is 15.1. The molecule has 0 bridgehead atoms. The fraction of sp³-hybridized carbons (Fsp3) is 0.0909. The zero-order valence-corrected chi connectivity index (χ0v) is 16.7. The summed E-state index contributed by atoms with van der Waals surface area (Å²) in [5.74, 6) is -0.670. The first kappa shape index (κ1) is 18.5. The first-order valence-corrected chi connectivity index (χ1v) is 10.0. The summed E-state index contributed by atoms with van der Waals surface area (Å²) in [6.07, 6.45) is 0. The summed E-state index contributed by atoms with van der Waals surface area (Å²) >= 11 is 7.67. The maximum atomic E-state index is 13.2. The van der Waals surface area contributed by atoms with E-state index in [9.17, 15) is 9.59 Å². The van der Waals surface area contributed by atoms with E-state index in [1.54, 1.807) is 6.07 Å². The highest BCUT2D eigenvalue weighted by Gasteiger charge is 2.39. The number of anilines is 1. The van der Waals surface area contributed by atoms with Crippen molar-refractivity contribution in [3.63, 3.8) is 0 Å².